The number of nitrogens with one attached hydrogen (secondary N) is 1. The molecule has 7 nitrogen and oxygen atoms in total. The number of likely N-dealkylation sites (tertiary alicyclic amines) is 1. The highest BCUT2D eigenvalue weighted by Gasteiger charge is 2.30. The highest BCUT2D eigenvalue weighted by atomic mass is 19.4. The third kappa shape index (κ3) is 6.00. The van der Waals surface area contributed by atoms with Crippen molar-refractivity contribution in [3.63, 3.8) is 0 Å². The zero-order chi connectivity index (χ0) is 24.5. The Morgan fingerprint density at radius 1 is 1.15 bits per heavy atom. The van der Waals surface area contributed by atoms with Crippen molar-refractivity contribution in [1.29, 1.82) is 0 Å². The highest BCUT2D eigenvalue weighted by Crippen LogP contribution is 2.25. The summed E-state index contributed by atoms with van der Waals surface area (Å²) in [6, 6.07) is 5.30. The molecule has 4 heterocycles. The van der Waals surface area contributed by atoms with Gasteiger partial charge in [0.2, 0.25) is 5.91 Å². The number of amides is 1. The van der Waals surface area contributed by atoms with Crippen LogP contribution in [0.5, 0.6) is 0 Å². The summed E-state index contributed by atoms with van der Waals surface area (Å²) in [5.74, 6) is -0.138. The Kier molecular flexibility index (Phi) is 6.75. The first-order valence-electron chi connectivity index (χ1n) is 10.8. The average Bonchev–Trinajstić information content (AvgIpc) is 3.28. The van der Waals surface area contributed by atoms with Crippen molar-refractivity contribution in [3.8, 4) is 11.3 Å². The third-order valence-electron chi connectivity index (χ3n) is 5.77. The lowest BCUT2D eigenvalue weighted by Crippen LogP contribution is -2.39. The lowest BCUT2D eigenvalue weighted by molar-refractivity contribution is -0.139. The van der Waals surface area contributed by atoms with Crippen molar-refractivity contribution >= 4 is 46.2 Å². The monoisotopic (exact) mass is 462 g/mol. The van der Waals surface area contributed by atoms with Crippen molar-refractivity contribution in [2.75, 3.05) is 25.0 Å². The molecule has 1 fully saturated rings. The summed E-state index contributed by atoms with van der Waals surface area (Å²) >= 11 is 0. The maximum atomic E-state index is 12.7. The van der Waals surface area contributed by atoms with E-state index in [-0.39, 0.29) is 18.4 Å². The number of piperidine rings is 1. The first-order chi connectivity index (χ1) is 16.0. The number of carbonyl (C=O) groups is 1. The lowest BCUT2D eigenvalue weighted by atomic mass is 9.49. The summed E-state index contributed by atoms with van der Waals surface area (Å²) in [5, 5.41) is 6.00. The van der Waals surface area contributed by atoms with Gasteiger partial charge in [-0.05, 0) is 43.3 Å². The van der Waals surface area contributed by atoms with E-state index in [9.17, 15) is 18.0 Å². The molecule has 1 N–H and O–H groups in total. The molecule has 170 valence electrons. The van der Waals surface area contributed by atoms with E-state index in [1.165, 1.54) is 4.68 Å². The number of nitrogens with zero attached hydrogens (tertiary/aromatic N) is 5. The molecular formula is C21H20B3F3N6O. The number of halogens is 3. The molecule has 0 spiro atoms. The second-order valence-corrected chi connectivity index (χ2v) is 8.49. The molecule has 4 rings (SSSR count). The van der Waals surface area contributed by atoms with Crippen LogP contribution in [0, 0.1) is 5.92 Å². The van der Waals surface area contributed by atoms with E-state index in [0.29, 0.717) is 48.5 Å². The van der Waals surface area contributed by atoms with Gasteiger partial charge in [0.25, 0.3) is 0 Å². The maximum Gasteiger partial charge on any atom is 0.390 e. The van der Waals surface area contributed by atoms with E-state index in [2.05, 4.69) is 20.4 Å². The van der Waals surface area contributed by atoms with Gasteiger partial charge in [-0.25, -0.2) is 9.97 Å². The van der Waals surface area contributed by atoms with Crippen LogP contribution in [0.3, 0.4) is 0 Å². The average molecular weight is 462 g/mol. The van der Waals surface area contributed by atoms with Crippen LogP contribution in [-0.2, 0) is 10.0 Å². The molecule has 0 aromatic carbocycles. The second-order valence-electron chi connectivity index (χ2n) is 8.49. The molecule has 6 radical (unpaired) electrons. The van der Waals surface area contributed by atoms with E-state index in [0.717, 1.165) is 5.39 Å². The topological polar surface area (TPSA) is 75.9 Å². The number of pyridine rings is 2. The minimum atomic E-state index is -4.17. The van der Waals surface area contributed by atoms with E-state index < -0.39 is 17.8 Å². The Morgan fingerprint density at radius 2 is 1.88 bits per heavy atom. The van der Waals surface area contributed by atoms with Crippen LogP contribution in [-0.4, -0.2) is 79.9 Å². The van der Waals surface area contributed by atoms with Crippen molar-refractivity contribution in [1.82, 2.24) is 24.6 Å². The molecule has 1 saturated heterocycles. The molecule has 13 heteroatoms. The smallest absolute Gasteiger partial charge is 0.310 e. The van der Waals surface area contributed by atoms with Crippen molar-refractivity contribution in [2.24, 2.45) is 5.92 Å². The summed E-state index contributed by atoms with van der Waals surface area (Å²) in [7, 11) is 16.9. The number of hydrogen-bond acceptors (Lipinski definition) is 5. The molecule has 1 aliphatic heterocycles. The Labute approximate surface area is 198 Å². The zero-order valence-electron chi connectivity index (χ0n) is 18.3. The van der Waals surface area contributed by atoms with E-state index >= 15 is 0 Å². The summed E-state index contributed by atoms with van der Waals surface area (Å²) in [5.41, 5.74) is 1.88. The number of hydrogen-bond donors (Lipinski definition) is 1. The largest absolute Gasteiger partial charge is 0.390 e. The number of aromatic nitrogens is 4. The SMILES string of the molecule is [B]C([B])([B])n1cc(-c2ccc3cnc(NC(=O)C4CCN(CCC(F)(F)F)CC4)cc3n2)cn1. The third-order valence-corrected chi connectivity index (χ3v) is 5.77. The van der Waals surface area contributed by atoms with Gasteiger partial charge in [-0.1, -0.05) is 0 Å². The van der Waals surface area contributed by atoms with Gasteiger partial charge >= 0.3 is 6.18 Å². The van der Waals surface area contributed by atoms with Crippen LogP contribution in [0.2, 0.25) is 0 Å². The maximum absolute atomic E-state index is 12.7. The summed E-state index contributed by atoms with van der Waals surface area (Å²) in [4.78, 5) is 23.3. The number of fused-ring (bicyclic) bond motifs is 1. The van der Waals surface area contributed by atoms with Gasteiger partial charge in [-0.15, -0.1) is 0 Å². The summed E-state index contributed by atoms with van der Waals surface area (Å²) in [6.45, 7) is 0.862. The second kappa shape index (κ2) is 9.44. The van der Waals surface area contributed by atoms with Gasteiger partial charge in [-0.3, -0.25) is 9.48 Å². The molecule has 0 unspecified atom stereocenters. The van der Waals surface area contributed by atoms with Crippen LogP contribution in [0.1, 0.15) is 19.3 Å². The Morgan fingerprint density at radius 3 is 2.53 bits per heavy atom. The van der Waals surface area contributed by atoms with Gasteiger partial charge in [0.15, 0.2) is 0 Å². The van der Waals surface area contributed by atoms with Crippen LogP contribution >= 0.6 is 0 Å². The van der Waals surface area contributed by atoms with Crippen LogP contribution in [0.4, 0.5) is 19.0 Å². The highest BCUT2D eigenvalue weighted by molar-refractivity contribution is 6.56. The predicted octanol–water partition coefficient (Wildman–Crippen LogP) is 2.17. The molecule has 34 heavy (non-hydrogen) atoms. The minimum absolute atomic E-state index is 0.0419. The van der Waals surface area contributed by atoms with Crippen molar-refractivity contribution in [3.05, 3.63) is 36.8 Å². The summed E-state index contributed by atoms with van der Waals surface area (Å²) < 4.78 is 38.5. The van der Waals surface area contributed by atoms with Crippen molar-refractivity contribution in [2.45, 2.75) is 30.7 Å². The van der Waals surface area contributed by atoms with Crippen LogP contribution < -0.4 is 5.32 Å². The first-order valence-corrected chi connectivity index (χ1v) is 10.8. The molecule has 0 saturated carbocycles. The molecule has 3 aromatic heterocycles. The van der Waals surface area contributed by atoms with Crippen molar-refractivity contribution < 1.29 is 18.0 Å². The fourth-order valence-electron chi connectivity index (χ4n) is 3.84. The van der Waals surface area contributed by atoms with Crippen LogP contribution in [0.25, 0.3) is 22.2 Å². The first kappa shape index (κ1) is 24.3. The quantitative estimate of drug-likeness (QED) is 0.569. The van der Waals surface area contributed by atoms with E-state index in [1.54, 1.807) is 35.6 Å². The molecular weight excluding hydrogens is 442 g/mol. The number of anilines is 1. The van der Waals surface area contributed by atoms with Crippen LogP contribution in [0.15, 0.2) is 36.8 Å². The van der Waals surface area contributed by atoms with Gasteiger partial charge in [-0.2, -0.15) is 18.3 Å². The fraction of sp³-hybridized carbons (Fsp3) is 0.429. The van der Waals surface area contributed by atoms with E-state index in [1.807, 2.05) is 6.07 Å². The lowest BCUT2D eigenvalue weighted by Gasteiger charge is -2.31. The fourth-order valence-corrected chi connectivity index (χ4v) is 3.84. The van der Waals surface area contributed by atoms with Gasteiger partial charge in [0.1, 0.15) is 5.82 Å². The Balaban J connectivity index is 1.41. The Hall–Kier alpha value is -2.82. The standard InChI is InChI=1S/C21H20B3F3N6O/c22-21(23,24)33-12-15(11-29-33)16-2-1-14-10-28-18(9-17(14)30-16)31-19(34)13-3-6-32(7-4-13)8-5-20(25,26)27/h1-2,9-13H,3-8H2,(H,28,31,34). The molecule has 0 atom stereocenters. The minimum Gasteiger partial charge on any atom is -0.310 e. The summed E-state index contributed by atoms with van der Waals surface area (Å²) in [6.07, 6.45) is 0.707. The number of alkyl halides is 3. The van der Waals surface area contributed by atoms with Gasteiger partial charge < -0.3 is 10.2 Å². The number of rotatable bonds is 6. The predicted molar refractivity (Wildman–Crippen MR) is 124 cm³/mol. The number of carbonyl (C=O) groups excluding carboxylic acids is 1. The van der Waals surface area contributed by atoms with E-state index in [4.69, 9.17) is 23.5 Å². The molecule has 1 aliphatic rings. The van der Waals surface area contributed by atoms with Gasteiger partial charge in [0.05, 0.1) is 47.4 Å². The molecule has 1 amide bonds. The molecule has 3 aromatic rings. The molecule has 0 aliphatic carbocycles. The normalized spacial score (nSPS) is 16.1. The molecule has 0 bridgehead atoms. The zero-order valence-corrected chi connectivity index (χ0v) is 18.3. The Bertz CT molecular complexity index is 1170. The van der Waals surface area contributed by atoms with Gasteiger partial charge in [0, 0.05) is 41.9 Å².